The fraction of sp³-hybridized carbons (Fsp3) is 0.538. The summed E-state index contributed by atoms with van der Waals surface area (Å²) >= 11 is 0. The number of nitrogens with two attached hydrogens (primary N) is 1. The highest BCUT2D eigenvalue weighted by molar-refractivity contribution is 5.70. The van der Waals surface area contributed by atoms with Gasteiger partial charge in [0.15, 0.2) is 0 Å². The number of likely N-dealkylation sites (tertiary alicyclic amines) is 2. The van der Waals surface area contributed by atoms with E-state index in [2.05, 4.69) is 76.3 Å². The lowest BCUT2D eigenvalue weighted by molar-refractivity contribution is 0.128. The van der Waals surface area contributed by atoms with Gasteiger partial charge in [0.2, 0.25) is 0 Å². The van der Waals surface area contributed by atoms with E-state index in [1.807, 2.05) is 0 Å². The van der Waals surface area contributed by atoms with Crippen molar-refractivity contribution in [3.05, 3.63) is 65.7 Å². The molecule has 1 aliphatic carbocycles. The molecule has 3 atom stereocenters. The molecular formula is C26H34N4. The lowest BCUT2D eigenvalue weighted by Crippen LogP contribution is -2.66. The molecule has 1 saturated carbocycles. The third-order valence-corrected chi connectivity index (χ3v) is 8.55. The van der Waals surface area contributed by atoms with E-state index in [9.17, 15) is 0 Å². The Morgan fingerprint density at radius 1 is 0.933 bits per heavy atom. The molecule has 2 saturated heterocycles. The summed E-state index contributed by atoms with van der Waals surface area (Å²) in [6, 6.07) is 21.2. The summed E-state index contributed by atoms with van der Waals surface area (Å²) in [6.45, 7) is 4.05. The van der Waals surface area contributed by atoms with Crippen LogP contribution in [-0.4, -0.2) is 54.2 Å². The van der Waals surface area contributed by atoms with Crippen LogP contribution < -0.4 is 10.6 Å². The molecule has 0 radical (unpaired) electrons. The molecule has 4 aliphatic rings. The Morgan fingerprint density at radius 2 is 1.67 bits per heavy atom. The number of fused-ring (bicyclic) bond motifs is 1. The summed E-state index contributed by atoms with van der Waals surface area (Å²) in [6.07, 6.45) is 6.83. The topological polar surface area (TPSA) is 35.7 Å². The largest absolute Gasteiger partial charge is 0.347 e. The first-order valence-electron chi connectivity index (χ1n) is 11.8. The molecular weight excluding hydrogens is 368 g/mol. The monoisotopic (exact) mass is 402 g/mol. The van der Waals surface area contributed by atoms with E-state index in [0.29, 0.717) is 12.1 Å². The second kappa shape index (κ2) is 6.81. The van der Waals surface area contributed by atoms with Crippen molar-refractivity contribution in [1.82, 2.24) is 9.80 Å². The third kappa shape index (κ3) is 2.44. The highest BCUT2D eigenvalue weighted by Gasteiger charge is 2.72. The number of anilines is 1. The first-order valence-corrected chi connectivity index (χ1v) is 11.8. The van der Waals surface area contributed by atoms with Crippen molar-refractivity contribution in [2.24, 2.45) is 5.73 Å². The van der Waals surface area contributed by atoms with E-state index >= 15 is 0 Å². The summed E-state index contributed by atoms with van der Waals surface area (Å²) in [4.78, 5) is 7.94. The molecule has 0 aromatic heterocycles. The van der Waals surface area contributed by atoms with E-state index < -0.39 is 0 Å². The fourth-order valence-electron chi connectivity index (χ4n) is 7.30. The van der Waals surface area contributed by atoms with Crippen LogP contribution in [0, 0.1) is 0 Å². The Hall–Kier alpha value is -1.88. The highest BCUT2D eigenvalue weighted by atomic mass is 15.5. The second-order valence-corrected chi connectivity index (χ2v) is 10.2. The van der Waals surface area contributed by atoms with Crippen molar-refractivity contribution < 1.29 is 0 Å². The van der Waals surface area contributed by atoms with Gasteiger partial charge < -0.3 is 15.5 Å². The maximum Gasteiger partial charge on any atom is 0.114 e. The predicted molar refractivity (Wildman–Crippen MR) is 123 cm³/mol. The van der Waals surface area contributed by atoms with Gasteiger partial charge in [-0.2, -0.15) is 0 Å². The van der Waals surface area contributed by atoms with Crippen LogP contribution in [0.25, 0.3) is 0 Å². The lowest BCUT2D eigenvalue weighted by atomic mass is 9.72. The minimum absolute atomic E-state index is 0.00935. The van der Waals surface area contributed by atoms with Crippen molar-refractivity contribution in [2.75, 3.05) is 31.6 Å². The Bertz CT molecular complexity index is 924. The van der Waals surface area contributed by atoms with Crippen LogP contribution in [0.15, 0.2) is 54.6 Å². The van der Waals surface area contributed by atoms with Gasteiger partial charge in [-0.15, -0.1) is 0 Å². The lowest BCUT2D eigenvalue weighted by Gasteiger charge is -2.43. The minimum atomic E-state index is -0.362. The molecule has 4 nitrogen and oxygen atoms in total. The molecule has 2 aromatic carbocycles. The Morgan fingerprint density at radius 3 is 2.47 bits per heavy atom. The van der Waals surface area contributed by atoms with E-state index in [4.69, 9.17) is 5.73 Å². The average molecular weight is 403 g/mol. The summed E-state index contributed by atoms with van der Waals surface area (Å²) in [5, 5.41) is 0. The smallest absolute Gasteiger partial charge is 0.114 e. The Labute approximate surface area is 180 Å². The zero-order chi connectivity index (χ0) is 20.3. The number of hydrogen-bond acceptors (Lipinski definition) is 4. The molecule has 4 heteroatoms. The number of nitrogens with zero attached hydrogens (tertiary/aromatic N) is 3. The maximum absolute atomic E-state index is 7.60. The van der Waals surface area contributed by atoms with Crippen LogP contribution in [0.4, 0.5) is 5.69 Å². The van der Waals surface area contributed by atoms with Crippen molar-refractivity contribution in [1.29, 1.82) is 0 Å². The number of rotatable bonds is 3. The first kappa shape index (κ1) is 18.9. The van der Waals surface area contributed by atoms with Crippen molar-refractivity contribution >= 4 is 5.69 Å². The van der Waals surface area contributed by atoms with Gasteiger partial charge in [-0.25, -0.2) is 0 Å². The average Bonchev–Trinajstić information content (AvgIpc) is 3.32. The van der Waals surface area contributed by atoms with E-state index in [0.717, 1.165) is 26.2 Å². The van der Waals surface area contributed by atoms with Crippen molar-refractivity contribution in [3.8, 4) is 0 Å². The summed E-state index contributed by atoms with van der Waals surface area (Å²) in [5.41, 5.74) is 11.4. The molecule has 6 rings (SSSR count). The SMILES string of the molecule is CN1CC2N(C3CCCCC3)CC3(N)N(Cc4ccccc4)c4ccccc4C23C1. The van der Waals surface area contributed by atoms with Crippen LogP contribution >= 0.6 is 0 Å². The third-order valence-electron chi connectivity index (χ3n) is 8.55. The normalized spacial score (nSPS) is 34.2. The second-order valence-electron chi connectivity index (χ2n) is 10.2. The molecule has 2 aromatic rings. The molecule has 3 heterocycles. The van der Waals surface area contributed by atoms with Gasteiger partial charge in [0.1, 0.15) is 5.66 Å². The molecule has 2 N–H and O–H groups in total. The quantitative estimate of drug-likeness (QED) is 0.852. The van der Waals surface area contributed by atoms with Gasteiger partial charge in [0.05, 0.1) is 5.41 Å². The number of para-hydroxylation sites is 1. The maximum atomic E-state index is 7.60. The Kier molecular flexibility index (Phi) is 4.28. The number of likely N-dealkylation sites (N-methyl/N-ethyl adjacent to an activating group) is 1. The van der Waals surface area contributed by atoms with Crippen LogP contribution in [0.2, 0.25) is 0 Å². The summed E-state index contributed by atoms with van der Waals surface area (Å²) in [7, 11) is 2.29. The van der Waals surface area contributed by atoms with E-state index in [-0.39, 0.29) is 11.1 Å². The van der Waals surface area contributed by atoms with Crippen LogP contribution in [0.3, 0.4) is 0 Å². The van der Waals surface area contributed by atoms with E-state index in [1.54, 1.807) is 0 Å². The van der Waals surface area contributed by atoms with Gasteiger partial charge in [-0.3, -0.25) is 4.90 Å². The standard InChI is InChI=1S/C26H34N4/c1-28-17-24-25(18-28)22-14-8-9-15-23(22)30(16-20-10-4-2-5-11-20)26(25,27)19-29(24)21-12-6-3-7-13-21/h2,4-5,8-11,14-15,21,24H,3,6-7,12-13,16-19,27H2,1H3. The van der Waals surface area contributed by atoms with Gasteiger partial charge in [0, 0.05) is 44.0 Å². The zero-order valence-electron chi connectivity index (χ0n) is 18.1. The molecule has 3 fully saturated rings. The molecule has 3 unspecified atom stereocenters. The van der Waals surface area contributed by atoms with E-state index in [1.165, 1.54) is 48.9 Å². The fourth-order valence-corrected chi connectivity index (χ4v) is 7.30. The van der Waals surface area contributed by atoms with Gasteiger partial charge in [-0.05, 0) is 37.1 Å². The summed E-state index contributed by atoms with van der Waals surface area (Å²) < 4.78 is 0. The van der Waals surface area contributed by atoms with Crippen LogP contribution in [0.1, 0.15) is 43.2 Å². The summed E-state index contributed by atoms with van der Waals surface area (Å²) in [5.74, 6) is 0. The molecule has 0 bridgehead atoms. The number of hydrogen-bond donors (Lipinski definition) is 1. The van der Waals surface area contributed by atoms with Gasteiger partial charge in [0.25, 0.3) is 0 Å². The molecule has 158 valence electrons. The first-order chi connectivity index (χ1) is 14.6. The van der Waals surface area contributed by atoms with Gasteiger partial charge in [-0.1, -0.05) is 67.8 Å². The minimum Gasteiger partial charge on any atom is -0.347 e. The predicted octanol–water partition coefficient (Wildman–Crippen LogP) is 3.56. The van der Waals surface area contributed by atoms with Crippen LogP contribution in [0.5, 0.6) is 0 Å². The van der Waals surface area contributed by atoms with Crippen molar-refractivity contribution in [3.63, 3.8) is 0 Å². The van der Waals surface area contributed by atoms with Crippen LogP contribution in [-0.2, 0) is 12.0 Å². The highest BCUT2D eigenvalue weighted by Crippen LogP contribution is 2.60. The molecule has 3 aliphatic heterocycles. The molecule has 30 heavy (non-hydrogen) atoms. The molecule has 1 spiro atoms. The van der Waals surface area contributed by atoms with Gasteiger partial charge >= 0.3 is 0 Å². The molecule has 0 amide bonds. The van der Waals surface area contributed by atoms with Crippen molar-refractivity contribution in [2.45, 2.75) is 61.8 Å². The number of benzene rings is 2. The Balaban J connectivity index is 1.48. The zero-order valence-corrected chi connectivity index (χ0v) is 18.1.